The Balaban J connectivity index is 1.76. The predicted molar refractivity (Wildman–Crippen MR) is 96.7 cm³/mol. The molecule has 0 fully saturated rings. The lowest BCUT2D eigenvalue weighted by Crippen LogP contribution is -2.26. The highest BCUT2D eigenvalue weighted by Crippen LogP contribution is 2.18. The maximum Gasteiger partial charge on any atom is 0.293 e. The molecule has 7 heteroatoms. The van der Waals surface area contributed by atoms with Gasteiger partial charge in [-0.1, -0.05) is 26.0 Å². The molecule has 0 aliphatic heterocycles. The Morgan fingerprint density at radius 3 is 2.56 bits per heavy atom. The summed E-state index contributed by atoms with van der Waals surface area (Å²) in [5, 5.41) is 7.32. The van der Waals surface area contributed by atoms with Gasteiger partial charge in [0.2, 0.25) is 0 Å². The number of hydrogen-bond donors (Lipinski definition) is 1. The van der Waals surface area contributed by atoms with Gasteiger partial charge in [-0.25, -0.2) is 14.6 Å². The largest absolute Gasteiger partial charge is 0.359 e. The third kappa shape index (κ3) is 3.93. The lowest BCUT2D eigenvalue weighted by molar-refractivity contribution is 0.509. The second-order valence-electron chi connectivity index (χ2n) is 6.42. The monoisotopic (exact) mass is 338 g/mol. The molecule has 0 amide bonds. The Morgan fingerprint density at radius 1 is 1.16 bits per heavy atom. The summed E-state index contributed by atoms with van der Waals surface area (Å²) in [5.41, 5.74) is 1.90. The SMILES string of the molecule is CC(C)Cn1ccnc(NC(C)c2ccc(-n3cncn3)cc2)c1=O. The molecule has 0 spiro atoms. The summed E-state index contributed by atoms with van der Waals surface area (Å²) in [4.78, 5) is 20.6. The molecule has 3 rings (SSSR count). The van der Waals surface area contributed by atoms with Crippen molar-refractivity contribution in [1.82, 2.24) is 24.3 Å². The summed E-state index contributed by atoms with van der Waals surface area (Å²) < 4.78 is 3.39. The molecule has 0 aliphatic carbocycles. The minimum Gasteiger partial charge on any atom is -0.359 e. The maximum absolute atomic E-state index is 12.5. The van der Waals surface area contributed by atoms with E-state index in [9.17, 15) is 4.79 Å². The molecule has 1 aromatic carbocycles. The first-order valence-electron chi connectivity index (χ1n) is 8.31. The van der Waals surface area contributed by atoms with Crippen molar-refractivity contribution >= 4 is 5.82 Å². The Bertz CT molecular complexity index is 867. The van der Waals surface area contributed by atoms with E-state index >= 15 is 0 Å². The van der Waals surface area contributed by atoms with E-state index in [0.29, 0.717) is 18.3 Å². The normalized spacial score (nSPS) is 12.3. The molecule has 1 unspecified atom stereocenters. The first-order valence-corrected chi connectivity index (χ1v) is 8.31. The zero-order chi connectivity index (χ0) is 17.8. The molecule has 130 valence electrons. The minimum atomic E-state index is -0.0951. The molecule has 2 aromatic heterocycles. The van der Waals surface area contributed by atoms with E-state index in [1.165, 1.54) is 6.33 Å². The molecule has 0 aliphatic rings. The van der Waals surface area contributed by atoms with Gasteiger partial charge in [-0.15, -0.1) is 0 Å². The highest BCUT2D eigenvalue weighted by Gasteiger charge is 2.11. The van der Waals surface area contributed by atoms with Crippen LogP contribution < -0.4 is 10.9 Å². The second kappa shape index (κ2) is 7.29. The molecule has 3 aromatic rings. The lowest BCUT2D eigenvalue weighted by Gasteiger charge is -2.16. The quantitative estimate of drug-likeness (QED) is 0.747. The van der Waals surface area contributed by atoms with Crippen molar-refractivity contribution in [2.24, 2.45) is 5.92 Å². The first-order chi connectivity index (χ1) is 12.0. The van der Waals surface area contributed by atoms with Gasteiger partial charge in [0.05, 0.1) is 11.7 Å². The van der Waals surface area contributed by atoms with Crippen molar-refractivity contribution in [3.05, 3.63) is 65.2 Å². The van der Waals surface area contributed by atoms with Crippen LogP contribution in [0.15, 0.2) is 54.1 Å². The van der Waals surface area contributed by atoms with Crippen LogP contribution in [-0.4, -0.2) is 24.3 Å². The van der Waals surface area contributed by atoms with E-state index in [-0.39, 0.29) is 11.6 Å². The van der Waals surface area contributed by atoms with E-state index in [2.05, 4.69) is 34.2 Å². The zero-order valence-corrected chi connectivity index (χ0v) is 14.6. The van der Waals surface area contributed by atoms with Crippen molar-refractivity contribution in [1.29, 1.82) is 0 Å². The van der Waals surface area contributed by atoms with Gasteiger partial charge in [0.25, 0.3) is 5.56 Å². The lowest BCUT2D eigenvalue weighted by atomic mass is 10.1. The van der Waals surface area contributed by atoms with Crippen LogP contribution in [0.3, 0.4) is 0 Å². The number of benzene rings is 1. The first kappa shape index (κ1) is 16.9. The highest BCUT2D eigenvalue weighted by atomic mass is 16.1. The van der Waals surface area contributed by atoms with Gasteiger partial charge in [-0.05, 0) is 30.5 Å². The smallest absolute Gasteiger partial charge is 0.293 e. The average molecular weight is 338 g/mol. The van der Waals surface area contributed by atoms with Crippen LogP contribution in [0.4, 0.5) is 5.82 Å². The molecule has 1 N–H and O–H groups in total. The Hall–Kier alpha value is -2.96. The molecule has 0 saturated heterocycles. The fourth-order valence-electron chi connectivity index (χ4n) is 2.63. The van der Waals surface area contributed by atoms with Gasteiger partial charge in [-0.3, -0.25) is 4.79 Å². The third-order valence-corrected chi connectivity index (χ3v) is 3.91. The van der Waals surface area contributed by atoms with Gasteiger partial charge in [0.15, 0.2) is 5.82 Å². The van der Waals surface area contributed by atoms with Crippen LogP contribution in [0.2, 0.25) is 0 Å². The Morgan fingerprint density at radius 2 is 1.92 bits per heavy atom. The van der Waals surface area contributed by atoms with Crippen LogP contribution >= 0.6 is 0 Å². The van der Waals surface area contributed by atoms with Crippen molar-refractivity contribution in [2.75, 3.05) is 5.32 Å². The van der Waals surface area contributed by atoms with Crippen LogP contribution in [0.5, 0.6) is 0 Å². The number of rotatable bonds is 6. The van der Waals surface area contributed by atoms with E-state index in [1.807, 2.05) is 31.2 Å². The number of hydrogen-bond acceptors (Lipinski definition) is 5. The molecule has 7 nitrogen and oxygen atoms in total. The van der Waals surface area contributed by atoms with Gasteiger partial charge < -0.3 is 9.88 Å². The fourth-order valence-corrected chi connectivity index (χ4v) is 2.63. The summed E-state index contributed by atoms with van der Waals surface area (Å²) in [6, 6.07) is 7.91. The summed E-state index contributed by atoms with van der Waals surface area (Å²) >= 11 is 0. The number of nitrogens with one attached hydrogen (secondary N) is 1. The molecule has 2 heterocycles. The summed E-state index contributed by atoms with van der Waals surface area (Å²) in [6.07, 6.45) is 6.54. The molecule has 25 heavy (non-hydrogen) atoms. The van der Waals surface area contributed by atoms with Crippen LogP contribution in [0.1, 0.15) is 32.4 Å². The zero-order valence-electron chi connectivity index (χ0n) is 14.6. The summed E-state index contributed by atoms with van der Waals surface area (Å²) in [6.45, 7) is 6.85. The fraction of sp³-hybridized carbons (Fsp3) is 0.333. The van der Waals surface area contributed by atoms with Crippen LogP contribution in [-0.2, 0) is 6.54 Å². The van der Waals surface area contributed by atoms with Crippen molar-refractivity contribution in [3.8, 4) is 5.69 Å². The average Bonchev–Trinajstić information content (AvgIpc) is 3.13. The Labute approximate surface area is 146 Å². The minimum absolute atomic E-state index is 0.0418. The topological polar surface area (TPSA) is 77.6 Å². The number of nitrogens with zero attached hydrogens (tertiary/aromatic N) is 5. The van der Waals surface area contributed by atoms with Gasteiger partial charge in [0.1, 0.15) is 12.7 Å². The predicted octanol–water partition coefficient (Wildman–Crippen LogP) is 2.65. The second-order valence-corrected chi connectivity index (χ2v) is 6.42. The Kier molecular flexibility index (Phi) is 4.92. The van der Waals surface area contributed by atoms with Crippen molar-refractivity contribution < 1.29 is 0 Å². The van der Waals surface area contributed by atoms with E-state index in [0.717, 1.165) is 11.3 Å². The third-order valence-electron chi connectivity index (χ3n) is 3.91. The number of anilines is 1. The molecule has 1 atom stereocenters. The molecule has 0 saturated carbocycles. The molecule has 0 bridgehead atoms. The summed E-state index contributed by atoms with van der Waals surface area (Å²) in [5.74, 6) is 0.769. The molecule has 0 radical (unpaired) electrons. The number of aromatic nitrogens is 5. The molecular formula is C18H22N6O. The van der Waals surface area contributed by atoms with E-state index in [1.54, 1.807) is 28.0 Å². The van der Waals surface area contributed by atoms with E-state index in [4.69, 9.17) is 0 Å². The highest BCUT2D eigenvalue weighted by molar-refractivity contribution is 5.39. The molecular weight excluding hydrogens is 316 g/mol. The van der Waals surface area contributed by atoms with Crippen LogP contribution in [0.25, 0.3) is 5.69 Å². The van der Waals surface area contributed by atoms with E-state index < -0.39 is 0 Å². The standard InChI is InChI=1S/C18H22N6O/c1-13(2)10-23-9-8-20-17(18(23)25)22-14(3)15-4-6-16(7-5-15)24-12-19-11-21-24/h4-9,11-14H,10H2,1-3H3,(H,20,22). The van der Waals surface area contributed by atoms with Crippen molar-refractivity contribution in [2.45, 2.75) is 33.4 Å². The van der Waals surface area contributed by atoms with Gasteiger partial charge >= 0.3 is 0 Å². The van der Waals surface area contributed by atoms with Gasteiger partial charge in [0, 0.05) is 18.9 Å². The maximum atomic E-state index is 12.5. The van der Waals surface area contributed by atoms with Crippen LogP contribution in [0, 0.1) is 5.92 Å². The van der Waals surface area contributed by atoms with Crippen molar-refractivity contribution in [3.63, 3.8) is 0 Å². The van der Waals surface area contributed by atoms with Gasteiger partial charge in [-0.2, -0.15) is 5.10 Å². The summed E-state index contributed by atoms with van der Waals surface area (Å²) in [7, 11) is 0.